The smallest absolute Gasteiger partial charge is 0.0464 e. The summed E-state index contributed by atoms with van der Waals surface area (Å²) in [5, 5.41) is 0.927. The molecule has 1 fully saturated rings. The monoisotopic (exact) mass is 237 g/mol. The summed E-state index contributed by atoms with van der Waals surface area (Å²) >= 11 is 6.20. The van der Waals surface area contributed by atoms with Gasteiger partial charge in [0.05, 0.1) is 0 Å². The zero-order valence-corrected chi connectivity index (χ0v) is 11.1. The molecule has 1 aromatic rings. The number of halogens is 1. The number of hydrogen-bond acceptors (Lipinski definition) is 1. The lowest BCUT2D eigenvalue weighted by atomic mass is 9.88. The van der Waals surface area contributed by atoms with Crippen molar-refractivity contribution in [2.24, 2.45) is 0 Å². The van der Waals surface area contributed by atoms with E-state index in [9.17, 15) is 0 Å². The standard InChI is InChI=1S/C14H20ClN/c1-10-8-13(9-11(2)14(10)15)12-4-6-16(3)7-5-12/h8-9,12H,4-7H2,1-3H3. The van der Waals surface area contributed by atoms with Crippen LogP contribution in [0.15, 0.2) is 12.1 Å². The first-order valence-electron chi connectivity index (χ1n) is 6.03. The molecular weight excluding hydrogens is 218 g/mol. The van der Waals surface area contributed by atoms with Crippen LogP contribution in [0.3, 0.4) is 0 Å². The maximum absolute atomic E-state index is 6.20. The van der Waals surface area contributed by atoms with E-state index in [4.69, 9.17) is 11.6 Å². The number of aryl methyl sites for hydroxylation is 2. The van der Waals surface area contributed by atoms with Crippen LogP contribution in [0.4, 0.5) is 0 Å². The SMILES string of the molecule is Cc1cc(C2CCN(C)CC2)cc(C)c1Cl. The van der Waals surface area contributed by atoms with Crippen molar-refractivity contribution in [1.29, 1.82) is 0 Å². The van der Waals surface area contributed by atoms with Crippen molar-refractivity contribution in [1.82, 2.24) is 4.90 Å². The third-order valence-electron chi connectivity index (χ3n) is 3.65. The van der Waals surface area contributed by atoms with Gasteiger partial charge in [-0.1, -0.05) is 23.7 Å². The summed E-state index contributed by atoms with van der Waals surface area (Å²) in [6, 6.07) is 4.54. The van der Waals surface area contributed by atoms with Crippen molar-refractivity contribution in [3.8, 4) is 0 Å². The molecule has 88 valence electrons. The van der Waals surface area contributed by atoms with Crippen molar-refractivity contribution < 1.29 is 0 Å². The van der Waals surface area contributed by atoms with Gasteiger partial charge in [-0.3, -0.25) is 0 Å². The van der Waals surface area contributed by atoms with Crippen molar-refractivity contribution in [2.75, 3.05) is 20.1 Å². The van der Waals surface area contributed by atoms with Crippen LogP contribution < -0.4 is 0 Å². The average Bonchev–Trinajstić information content (AvgIpc) is 2.26. The van der Waals surface area contributed by atoms with Crippen LogP contribution in [0.5, 0.6) is 0 Å². The lowest BCUT2D eigenvalue weighted by Crippen LogP contribution is -2.29. The van der Waals surface area contributed by atoms with E-state index in [2.05, 4.69) is 37.9 Å². The van der Waals surface area contributed by atoms with E-state index in [0.717, 1.165) is 10.9 Å². The van der Waals surface area contributed by atoms with Crippen LogP contribution in [0, 0.1) is 13.8 Å². The zero-order chi connectivity index (χ0) is 11.7. The zero-order valence-electron chi connectivity index (χ0n) is 10.4. The maximum atomic E-state index is 6.20. The van der Waals surface area contributed by atoms with Crippen LogP contribution in [0.1, 0.15) is 35.4 Å². The highest BCUT2D eigenvalue weighted by atomic mass is 35.5. The Bertz CT molecular complexity index is 355. The Morgan fingerprint density at radius 2 is 1.62 bits per heavy atom. The number of benzene rings is 1. The van der Waals surface area contributed by atoms with Gasteiger partial charge in [-0.25, -0.2) is 0 Å². The normalized spacial score (nSPS) is 19.0. The molecule has 2 rings (SSSR count). The molecule has 0 unspecified atom stereocenters. The van der Waals surface area contributed by atoms with Gasteiger partial charge in [0.2, 0.25) is 0 Å². The van der Waals surface area contributed by atoms with E-state index in [1.165, 1.54) is 42.6 Å². The molecule has 2 heteroatoms. The van der Waals surface area contributed by atoms with Gasteiger partial charge in [-0.2, -0.15) is 0 Å². The third kappa shape index (κ3) is 2.41. The van der Waals surface area contributed by atoms with E-state index < -0.39 is 0 Å². The molecule has 0 amide bonds. The topological polar surface area (TPSA) is 3.24 Å². The van der Waals surface area contributed by atoms with Crippen molar-refractivity contribution in [3.05, 3.63) is 33.8 Å². The molecule has 1 aromatic carbocycles. The lowest BCUT2D eigenvalue weighted by molar-refractivity contribution is 0.255. The van der Waals surface area contributed by atoms with Gasteiger partial charge >= 0.3 is 0 Å². The Kier molecular flexibility index (Phi) is 3.56. The summed E-state index contributed by atoms with van der Waals surface area (Å²) in [6.45, 7) is 6.64. The predicted octanol–water partition coefficient (Wildman–Crippen LogP) is 3.77. The van der Waals surface area contributed by atoms with Gasteiger partial charge in [-0.05, 0) is 69.4 Å². The Morgan fingerprint density at radius 1 is 1.12 bits per heavy atom. The quantitative estimate of drug-likeness (QED) is 0.719. The number of rotatable bonds is 1. The van der Waals surface area contributed by atoms with Crippen LogP contribution >= 0.6 is 11.6 Å². The summed E-state index contributed by atoms with van der Waals surface area (Å²) in [7, 11) is 2.20. The summed E-state index contributed by atoms with van der Waals surface area (Å²) in [5.41, 5.74) is 3.92. The van der Waals surface area contributed by atoms with Crippen LogP contribution in [-0.2, 0) is 0 Å². The molecule has 0 spiro atoms. The Labute approximate surface area is 103 Å². The fraction of sp³-hybridized carbons (Fsp3) is 0.571. The number of hydrogen-bond donors (Lipinski definition) is 0. The fourth-order valence-corrected chi connectivity index (χ4v) is 2.67. The van der Waals surface area contributed by atoms with Crippen molar-refractivity contribution in [2.45, 2.75) is 32.6 Å². The molecule has 1 saturated heterocycles. The first-order chi connectivity index (χ1) is 7.58. The van der Waals surface area contributed by atoms with Gasteiger partial charge in [0.1, 0.15) is 0 Å². The lowest BCUT2D eigenvalue weighted by Gasteiger charge is -2.29. The summed E-state index contributed by atoms with van der Waals surface area (Å²) in [5.74, 6) is 0.728. The molecule has 1 heterocycles. The Morgan fingerprint density at radius 3 is 2.12 bits per heavy atom. The maximum Gasteiger partial charge on any atom is 0.0464 e. The molecule has 1 nitrogen and oxygen atoms in total. The second kappa shape index (κ2) is 4.77. The second-order valence-electron chi connectivity index (χ2n) is 5.05. The van der Waals surface area contributed by atoms with Crippen LogP contribution in [0.25, 0.3) is 0 Å². The summed E-state index contributed by atoms with van der Waals surface area (Å²) in [6.07, 6.45) is 2.55. The highest BCUT2D eigenvalue weighted by Crippen LogP contribution is 2.31. The number of nitrogens with zero attached hydrogens (tertiary/aromatic N) is 1. The highest BCUT2D eigenvalue weighted by molar-refractivity contribution is 6.32. The molecular formula is C14H20ClN. The van der Waals surface area contributed by atoms with Gasteiger partial charge in [0, 0.05) is 5.02 Å². The Hall–Kier alpha value is -0.530. The van der Waals surface area contributed by atoms with Gasteiger partial charge < -0.3 is 4.90 Å². The van der Waals surface area contributed by atoms with E-state index >= 15 is 0 Å². The first-order valence-corrected chi connectivity index (χ1v) is 6.41. The van der Waals surface area contributed by atoms with Crippen LogP contribution in [0.2, 0.25) is 5.02 Å². The molecule has 0 atom stereocenters. The molecule has 16 heavy (non-hydrogen) atoms. The number of piperidine rings is 1. The minimum Gasteiger partial charge on any atom is -0.306 e. The second-order valence-corrected chi connectivity index (χ2v) is 5.42. The predicted molar refractivity (Wildman–Crippen MR) is 70.4 cm³/mol. The van der Waals surface area contributed by atoms with Crippen molar-refractivity contribution >= 4 is 11.6 Å². The van der Waals surface area contributed by atoms with Gasteiger partial charge in [-0.15, -0.1) is 0 Å². The van der Waals surface area contributed by atoms with Crippen LogP contribution in [-0.4, -0.2) is 25.0 Å². The van der Waals surface area contributed by atoms with E-state index in [1.807, 2.05) is 0 Å². The van der Waals surface area contributed by atoms with Crippen molar-refractivity contribution in [3.63, 3.8) is 0 Å². The first kappa shape index (κ1) is 11.9. The van der Waals surface area contributed by atoms with E-state index in [-0.39, 0.29) is 0 Å². The molecule has 1 aliphatic heterocycles. The molecule has 0 radical (unpaired) electrons. The molecule has 1 aliphatic rings. The fourth-order valence-electron chi connectivity index (χ4n) is 2.56. The van der Waals surface area contributed by atoms with E-state index in [1.54, 1.807) is 0 Å². The summed E-state index contributed by atoms with van der Waals surface area (Å²) < 4.78 is 0. The van der Waals surface area contributed by atoms with Gasteiger partial charge in [0.25, 0.3) is 0 Å². The molecule has 0 N–H and O–H groups in total. The third-order valence-corrected chi connectivity index (χ3v) is 4.24. The summed E-state index contributed by atoms with van der Waals surface area (Å²) in [4.78, 5) is 2.41. The van der Waals surface area contributed by atoms with Gasteiger partial charge in [0.15, 0.2) is 0 Å². The minimum absolute atomic E-state index is 0.728. The molecule has 0 aliphatic carbocycles. The average molecular weight is 238 g/mol. The molecule has 0 bridgehead atoms. The van der Waals surface area contributed by atoms with E-state index in [0.29, 0.717) is 0 Å². The number of likely N-dealkylation sites (tertiary alicyclic amines) is 1. The largest absolute Gasteiger partial charge is 0.306 e. The molecule has 0 aromatic heterocycles. The Balaban J connectivity index is 2.21. The minimum atomic E-state index is 0.728. The molecule has 0 saturated carbocycles. The highest BCUT2D eigenvalue weighted by Gasteiger charge is 2.19.